The Morgan fingerprint density at radius 3 is 2.96 bits per heavy atom. The van der Waals surface area contributed by atoms with Crippen LogP contribution in [-0.4, -0.2) is 40.7 Å². The van der Waals surface area contributed by atoms with Crippen molar-refractivity contribution in [2.24, 2.45) is 0 Å². The SMILES string of the molecule is Cc1ccc2nnn(Cc3ccc4nc(C(=O)O)cn4n3)c2c1. The number of carboxylic acids is 1. The van der Waals surface area contributed by atoms with Gasteiger partial charge in [0.05, 0.1) is 24.0 Å². The zero-order chi connectivity index (χ0) is 16.0. The predicted molar refractivity (Wildman–Crippen MR) is 81.3 cm³/mol. The summed E-state index contributed by atoms with van der Waals surface area (Å²) in [4.78, 5) is 14.9. The maximum atomic E-state index is 11.0. The number of imidazole rings is 1. The lowest BCUT2D eigenvalue weighted by molar-refractivity contribution is 0.0691. The summed E-state index contributed by atoms with van der Waals surface area (Å²) in [5, 5.41) is 21.7. The van der Waals surface area contributed by atoms with Gasteiger partial charge in [0.2, 0.25) is 0 Å². The Labute approximate surface area is 130 Å². The fourth-order valence-electron chi connectivity index (χ4n) is 2.45. The van der Waals surface area contributed by atoms with Gasteiger partial charge in [-0.05, 0) is 36.8 Å². The lowest BCUT2D eigenvalue weighted by atomic mass is 10.2. The number of aromatic nitrogens is 6. The van der Waals surface area contributed by atoms with Gasteiger partial charge in [0.25, 0.3) is 0 Å². The van der Waals surface area contributed by atoms with Crippen molar-refractivity contribution < 1.29 is 9.90 Å². The number of hydrogen-bond donors (Lipinski definition) is 1. The zero-order valence-corrected chi connectivity index (χ0v) is 12.2. The highest BCUT2D eigenvalue weighted by Gasteiger charge is 2.11. The Kier molecular flexibility index (Phi) is 2.83. The van der Waals surface area contributed by atoms with E-state index in [2.05, 4.69) is 20.4 Å². The second-order valence-corrected chi connectivity index (χ2v) is 5.30. The minimum atomic E-state index is -1.07. The third kappa shape index (κ3) is 2.30. The number of carboxylic acid groups (broad SMARTS) is 1. The van der Waals surface area contributed by atoms with Crippen LogP contribution in [0.3, 0.4) is 0 Å². The van der Waals surface area contributed by atoms with Gasteiger partial charge in [-0.2, -0.15) is 5.10 Å². The van der Waals surface area contributed by atoms with Crippen LogP contribution in [-0.2, 0) is 6.54 Å². The molecule has 0 saturated carbocycles. The molecular weight excluding hydrogens is 296 g/mol. The molecule has 0 bridgehead atoms. The molecule has 4 aromatic rings. The van der Waals surface area contributed by atoms with E-state index >= 15 is 0 Å². The lowest BCUT2D eigenvalue weighted by Crippen LogP contribution is -2.06. The molecule has 0 aliphatic heterocycles. The zero-order valence-electron chi connectivity index (χ0n) is 12.2. The first-order valence-corrected chi connectivity index (χ1v) is 6.98. The summed E-state index contributed by atoms with van der Waals surface area (Å²) in [5.74, 6) is -1.07. The smallest absolute Gasteiger partial charge is 0.356 e. The number of benzene rings is 1. The van der Waals surface area contributed by atoms with E-state index in [4.69, 9.17) is 5.11 Å². The first kappa shape index (κ1) is 13.4. The molecule has 0 aliphatic rings. The van der Waals surface area contributed by atoms with Crippen molar-refractivity contribution in [3.05, 3.63) is 53.5 Å². The average molecular weight is 308 g/mol. The summed E-state index contributed by atoms with van der Waals surface area (Å²) in [6.45, 7) is 2.45. The Bertz CT molecular complexity index is 1050. The molecule has 114 valence electrons. The standard InChI is InChI=1S/C15H12N6O2/c1-9-2-4-11-13(6-9)20(19-17-11)7-10-3-5-14-16-12(15(22)23)8-21(14)18-10/h2-6,8H,7H2,1H3,(H,22,23). The van der Waals surface area contributed by atoms with E-state index in [1.54, 1.807) is 16.8 Å². The number of fused-ring (bicyclic) bond motifs is 2. The van der Waals surface area contributed by atoms with Crippen molar-refractivity contribution in [3.8, 4) is 0 Å². The van der Waals surface area contributed by atoms with E-state index < -0.39 is 5.97 Å². The lowest BCUT2D eigenvalue weighted by Gasteiger charge is -2.03. The van der Waals surface area contributed by atoms with Crippen molar-refractivity contribution in [3.63, 3.8) is 0 Å². The van der Waals surface area contributed by atoms with Gasteiger partial charge < -0.3 is 5.11 Å². The molecule has 1 aromatic carbocycles. The maximum Gasteiger partial charge on any atom is 0.356 e. The monoisotopic (exact) mass is 308 g/mol. The molecule has 0 spiro atoms. The van der Waals surface area contributed by atoms with Crippen LogP contribution in [0, 0.1) is 6.92 Å². The second kappa shape index (κ2) is 4.87. The van der Waals surface area contributed by atoms with E-state index in [9.17, 15) is 4.79 Å². The molecule has 3 heterocycles. The summed E-state index contributed by atoms with van der Waals surface area (Å²) in [6.07, 6.45) is 1.39. The molecule has 8 heteroatoms. The molecule has 0 saturated heterocycles. The van der Waals surface area contributed by atoms with Gasteiger partial charge in [0.15, 0.2) is 11.3 Å². The first-order valence-electron chi connectivity index (χ1n) is 6.98. The van der Waals surface area contributed by atoms with Crippen LogP contribution in [0.1, 0.15) is 21.7 Å². The third-order valence-electron chi connectivity index (χ3n) is 3.58. The van der Waals surface area contributed by atoms with Crippen molar-refractivity contribution >= 4 is 22.6 Å². The van der Waals surface area contributed by atoms with Gasteiger partial charge in [0.1, 0.15) is 5.52 Å². The topological polar surface area (TPSA) is 98.2 Å². The predicted octanol–water partition coefficient (Wildman–Crippen LogP) is 1.53. The van der Waals surface area contributed by atoms with Crippen LogP contribution in [0.2, 0.25) is 0 Å². The van der Waals surface area contributed by atoms with Crippen molar-refractivity contribution in [2.45, 2.75) is 13.5 Å². The molecule has 0 aliphatic carbocycles. The van der Waals surface area contributed by atoms with E-state index in [0.29, 0.717) is 12.2 Å². The summed E-state index contributed by atoms with van der Waals surface area (Å²) in [5.41, 5.74) is 4.09. The number of carbonyl (C=O) groups is 1. The molecule has 3 aromatic heterocycles. The maximum absolute atomic E-state index is 11.0. The number of nitrogens with zero attached hydrogens (tertiary/aromatic N) is 6. The van der Waals surface area contributed by atoms with Crippen LogP contribution in [0.25, 0.3) is 16.7 Å². The van der Waals surface area contributed by atoms with Gasteiger partial charge >= 0.3 is 5.97 Å². The molecule has 8 nitrogen and oxygen atoms in total. The first-order chi connectivity index (χ1) is 11.1. The summed E-state index contributed by atoms with van der Waals surface area (Å²) >= 11 is 0. The van der Waals surface area contributed by atoms with Crippen LogP contribution >= 0.6 is 0 Å². The summed E-state index contributed by atoms with van der Waals surface area (Å²) in [7, 11) is 0. The average Bonchev–Trinajstić information content (AvgIpc) is 3.11. The molecule has 0 unspecified atom stereocenters. The van der Waals surface area contributed by atoms with Gasteiger partial charge in [-0.25, -0.2) is 19.0 Å². The molecule has 0 atom stereocenters. The third-order valence-corrected chi connectivity index (χ3v) is 3.58. The molecule has 4 rings (SSSR count). The normalized spacial score (nSPS) is 11.3. The number of hydrogen-bond acceptors (Lipinski definition) is 5. The number of aromatic carboxylic acids is 1. The van der Waals surface area contributed by atoms with Gasteiger partial charge in [-0.3, -0.25) is 0 Å². The van der Waals surface area contributed by atoms with Gasteiger partial charge in [-0.1, -0.05) is 11.3 Å². The molecule has 1 N–H and O–H groups in total. The minimum absolute atomic E-state index is 0.0310. The van der Waals surface area contributed by atoms with E-state index in [1.165, 1.54) is 10.7 Å². The van der Waals surface area contributed by atoms with Crippen molar-refractivity contribution in [1.82, 2.24) is 29.6 Å². The summed E-state index contributed by atoms with van der Waals surface area (Å²) in [6, 6.07) is 9.48. The Morgan fingerprint density at radius 1 is 1.26 bits per heavy atom. The molecule has 0 fully saturated rings. The highest BCUT2D eigenvalue weighted by atomic mass is 16.4. The van der Waals surface area contributed by atoms with Crippen LogP contribution in [0.5, 0.6) is 0 Å². The molecular formula is C15H12N6O2. The van der Waals surface area contributed by atoms with E-state index in [1.807, 2.05) is 25.1 Å². The van der Waals surface area contributed by atoms with Crippen LogP contribution in [0.15, 0.2) is 36.5 Å². The highest BCUT2D eigenvalue weighted by molar-refractivity contribution is 5.86. The largest absolute Gasteiger partial charge is 0.476 e. The Balaban J connectivity index is 1.73. The quantitative estimate of drug-likeness (QED) is 0.616. The fraction of sp³-hybridized carbons (Fsp3) is 0.133. The Morgan fingerprint density at radius 2 is 2.13 bits per heavy atom. The van der Waals surface area contributed by atoms with Crippen molar-refractivity contribution in [2.75, 3.05) is 0 Å². The van der Waals surface area contributed by atoms with E-state index in [-0.39, 0.29) is 5.69 Å². The number of aryl methyl sites for hydroxylation is 1. The Hall–Kier alpha value is -3.29. The van der Waals surface area contributed by atoms with Crippen LogP contribution < -0.4 is 0 Å². The molecule has 23 heavy (non-hydrogen) atoms. The van der Waals surface area contributed by atoms with Gasteiger partial charge in [-0.15, -0.1) is 5.10 Å². The van der Waals surface area contributed by atoms with Crippen LogP contribution in [0.4, 0.5) is 0 Å². The summed E-state index contributed by atoms with van der Waals surface area (Å²) < 4.78 is 3.23. The van der Waals surface area contributed by atoms with Gasteiger partial charge in [0, 0.05) is 0 Å². The second-order valence-electron chi connectivity index (χ2n) is 5.30. The fourth-order valence-corrected chi connectivity index (χ4v) is 2.45. The van der Waals surface area contributed by atoms with Crippen molar-refractivity contribution in [1.29, 1.82) is 0 Å². The highest BCUT2D eigenvalue weighted by Crippen LogP contribution is 2.14. The molecule has 0 amide bonds. The minimum Gasteiger partial charge on any atom is -0.476 e. The number of rotatable bonds is 3. The molecule has 0 radical (unpaired) electrons. The van der Waals surface area contributed by atoms with E-state index in [0.717, 1.165) is 22.3 Å².